The zero-order chi connectivity index (χ0) is 13.0. The van der Waals surface area contributed by atoms with Crippen LogP contribution in [0.4, 0.5) is 0 Å². The van der Waals surface area contributed by atoms with Crippen LogP contribution < -0.4 is 5.32 Å². The number of hydrogen-bond donors (Lipinski definition) is 1. The van der Waals surface area contributed by atoms with Crippen LogP contribution in [0.3, 0.4) is 0 Å². The second kappa shape index (κ2) is 6.24. The summed E-state index contributed by atoms with van der Waals surface area (Å²) in [5.74, 6) is -0.0225. The zero-order valence-corrected chi connectivity index (χ0v) is 11.6. The smallest absolute Gasteiger partial charge is 0.236 e. The first-order chi connectivity index (χ1) is 7.97. The largest absolute Gasteiger partial charge is 0.358 e. The lowest BCUT2D eigenvalue weighted by atomic mass is 10.2. The van der Waals surface area contributed by atoms with Crippen molar-refractivity contribution in [1.82, 2.24) is 10.2 Å². The monoisotopic (exact) mass is 274 g/mol. The third kappa shape index (κ3) is 3.60. The van der Waals surface area contributed by atoms with Gasteiger partial charge in [0, 0.05) is 13.6 Å². The minimum Gasteiger partial charge on any atom is -0.358 e. The highest BCUT2D eigenvalue weighted by Crippen LogP contribution is 2.26. The molecule has 0 radical (unpaired) electrons. The Balaban J connectivity index is 2.77. The van der Waals surface area contributed by atoms with E-state index < -0.39 is 0 Å². The molecule has 5 heteroatoms. The molecule has 0 aliphatic rings. The second-order valence-corrected chi connectivity index (χ2v) is 4.70. The van der Waals surface area contributed by atoms with E-state index in [0.717, 1.165) is 5.56 Å². The van der Waals surface area contributed by atoms with Gasteiger partial charge < -0.3 is 5.32 Å². The van der Waals surface area contributed by atoms with E-state index in [9.17, 15) is 4.79 Å². The fourth-order valence-electron chi connectivity index (χ4n) is 1.49. The summed E-state index contributed by atoms with van der Waals surface area (Å²) in [6.45, 7) is 2.42. The van der Waals surface area contributed by atoms with Gasteiger partial charge in [0.1, 0.15) is 0 Å². The van der Waals surface area contributed by atoms with Gasteiger partial charge in [-0.1, -0.05) is 35.3 Å². The molecule has 0 aliphatic carbocycles. The normalized spacial score (nSPS) is 12.6. The van der Waals surface area contributed by atoms with Crippen LogP contribution in [0.5, 0.6) is 0 Å². The second-order valence-electron chi connectivity index (χ2n) is 3.92. The fourth-order valence-corrected chi connectivity index (χ4v) is 1.87. The van der Waals surface area contributed by atoms with Crippen LogP contribution in [0.15, 0.2) is 18.2 Å². The Hall–Kier alpha value is -0.770. The molecule has 1 N–H and O–H groups in total. The van der Waals surface area contributed by atoms with Gasteiger partial charge in [-0.3, -0.25) is 9.69 Å². The van der Waals surface area contributed by atoms with Crippen LogP contribution in [-0.2, 0) is 11.3 Å². The molecule has 0 heterocycles. The molecule has 0 bridgehead atoms. The third-order valence-corrected chi connectivity index (χ3v) is 3.60. The van der Waals surface area contributed by atoms with Crippen molar-refractivity contribution >= 4 is 29.1 Å². The lowest BCUT2D eigenvalue weighted by Crippen LogP contribution is -2.41. The predicted molar refractivity (Wildman–Crippen MR) is 71.5 cm³/mol. The quantitative estimate of drug-likeness (QED) is 0.916. The lowest BCUT2D eigenvalue weighted by Gasteiger charge is -2.23. The molecule has 1 amide bonds. The molecular weight excluding hydrogens is 259 g/mol. The lowest BCUT2D eigenvalue weighted by molar-refractivity contribution is -0.125. The molecule has 1 aromatic carbocycles. The van der Waals surface area contributed by atoms with Crippen LogP contribution >= 0.6 is 23.2 Å². The summed E-state index contributed by atoms with van der Waals surface area (Å²) in [5.41, 5.74) is 0.914. The van der Waals surface area contributed by atoms with Crippen molar-refractivity contribution in [2.45, 2.75) is 19.5 Å². The van der Waals surface area contributed by atoms with Gasteiger partial charge in [-0.25, -0.2) is 0 Å². The van der Waals surface area contributed by atoms with E-state index in [1.165, 1.54) is 0 Å². The Morgan fingerprint density at radius 2 is 2.12 bits per heavy atom. The van der Waals surface area contributed by atoms with E-state index in [4.69, 9.17) is 23.2 Å². The number of likely N-dealkylation sites (N-methyl/N-ethyl adjacent to an activating group) is 2. The summed E-state index contributed by atoms with van der Waals surface area (Å²) in [5, 5.41) is 3.70. The molecule has 17 heavy (non-hydrogen) atoms. The van der Waals surface area contributed by atoms with Gasteiger partial charge in [0.25, 0.3) is 0 Å². The topological polar surface area (TPSA) is 32.3 Å². The van der Waals surface area contributed by atoms with E-state index in [2.05, 4.69) is 5.32 Å². The molecule has 3 nitrogen and oxygen atoms in total. The highest BCUT2D eigenvalue weighted by atomic mass is 35.5. The standard InChI is InChI=1S/C12H16Cl2N2O/c1-8(12(17)15-2)16(3)7-9-5-4-6-10(13)11(9)14/h4-6,8H,7H2,1-3H3,(H,15,17)/t8-/m0/s1. The summed E-state index contributed by atoms with van der Waals surface area (Å²) in [6.07, 6.45) is 0. The summed E-state index contributed by atoms with van der Waals surface area (Å²) >= 11 is 12.0. The molecule has 1 atom stereocenters. The van der Waals surface area contributed by atoms with Gasteiger partial charge in [-0.05, 0) is 25.6 Å². The average Bonchev–Trinajstić information content (AvgIpc) is 2.32. The average molecular weight is 275 g/mol. The minimum absolute atomic E-state index is 0.0225. The molecule has 94 valence electrons. The number of carbonyl (C=O) groups excluding carboxylic acids is 1. The Bertz CT molecular complexity index is 409. The van der Waals surface area contributed by atoms with Crippen molar-refractivity contribution in [2.24, 2.45) is 0 Å². The molecule has 0 spiro atoms. The van der Waals surface area contributed by atoms with Crippen LogP contribution in [0, 0.1) is 0 Å². The first-order valence-electron chi connectivity index (χ1n) is 5.32. The molecule has 0 aromatic heterocycles. The molecule has 0 saturated heterocycles. The van der Waals surface area contributed by atoms with E-state index in [0.29, 0.717) is 16.6 Å². The van der Waals surface area contributed by atoms with Gasteiger partial charge >= 0.3 is 0 Å². The fraction of sp³-hybridized carbons (Fsp3) is 0.417. The van der Waals surface area contributed by atoms with Gasteiger partial charge in [-0.2, -0.15) is 0 Å². The SMILES string of the molecule is CNC(=O)[C@H](C)N(C)Cc1cccc(Cl)c1Cl. The molecular formula is C12H16Cl2N2O. The highest BCUT2D eigenvalue weighted by molar-refractivity contribution is 6.42. The Morgan fingerprint density at radius 1 is 1.47 bits per heavy atom. The molecule has 1 rings (SSSR count). The van der Waals surface area contributed by atoms with Crippen LogP contribution in [-0.4, -0.2) is 30.9 Å². The predicted octanol–water partition coefficient (Wildman–Crippen LogP) is 2.56. The third-order valence-electron chi connectivity index (χ3n) is 2.74. The molecule has 0 saturated carbocycles. The van der Waals surface area contributed by atoms with Crippen molar-refractivity contribution in [1.29, 1.82) is 0 Å². The first kappa shape index (κ1) is 14.3. The summed E-state index contributed by atoms with van der Waals surface area (Å²) in [7, 11) is 3.50. The van der Waals surface area contributed by atoms with E-state index in [1.54, 1.807) is 13.1 Å². The van der Waals surface area contributed by atoms with Gasteiger partial charge in [0.05, 0.1) is 16.1 Å². The molecule has 1 aromatic rings. The van der Waals surface area contributed by atoms with E-state index >= 15 is 0 Å². The number of halogens is 2. The summed E-state index contributed by atoms with van der Waals surface area (Å²) < 4.78 is 0. The van der Waals surface area contributed by atoms with E-state index in [1.807, 2.05) is 31.0 Å². The number of carbonyl (C=O) groups is 1. The number of hydrogen-bond acceptors (Lipinski definition) is 2. The number of amides is 1. The van der Waals surface area contributed by atoms with Crippen LogP contribution in [0.2, 0.25) is 10.0 Å². The van der Waals surface area contributed by atoms with Gasteiger partial charge in [0.2, 0.25) is 5.91 Å². The van der Waals surface area contributed by atoms with Crippen molar-refractivity contribution in [2.75, 3.05) is 14.1 Å². The van der Waals surface area contributed by atoms with Gasteiger partial charge in [-0.15, -0.1) is 0 Å². The van der Waals surface area contributed by atoms with Crippen LogP contribution in [0.25, 0.3) is 0 Å². The molecule has 0 unspecified atom stereocenters. The van der Waals surface area contributed by atoms with Gasteiger partial charge in [0.15, 0.2) is 0 Å². The maximum Gasteiger partial charge on any atom is 0.236 e. The van der Waals surface area contributed by atoms with Crippen molar-refractivity contribution in [3.8, 4) is 0 Å². The first-order valence-corrected chi connectivity index (χ1v) is 6.07. The molecule has 0 aliphatic heterocycles. The van der Waals surface area contributed by atoms with Crippen LogP contribution in [0.1, 0.15) is 12.5 Å². The highest BCUT2D eigenvalue weighted by Gasteiger charge is 2.17. The Kier molecular flexibility index (Phi) is 5.25. The maximum absolute atomic E-state index is 11.5. The number of nitrogens with one attached hydrogen (secondary N) is 1. The Morgan fingerprint density at radius 3 is 2.71 bits per heavy atom. The number of nitrogens with zero attached hydrogens (tertiary/aromatic N) is 1. The maximum atomic E-state index is 11.5. The minimum atomic E-state index is -0.213. The molecule has 0 fully saturated rings. The van der Waals surface area contributed by atoms with Crippen molar-refractivity contribution in [3.63, 3.8) is 0 Å². The van der Waals surface area contributed by atoms with E-state index in [-0.39, 0.29) is 11.9 Å². The number of rotatable bonds is 4. The number of benzene rings is 1. The van der Waals surface area contributed by atoms with Crippen molar-refractivity contribution < 1.29 is 4.79 Å². The summed E-state index contributed by atoms with van der Waals surface area (Å²) in [4.78, 5) is 13.4. The Labute approximate surface area is 112 Å². The zero-order valence-electron chi connectivity index (χ0n) is 10.1. The van der Waals surface area contributed by atoms with Crippen molar-refractivity contribution in [3.05, 3.63) is 33.8 Å². The summed E-state index contributed by atoms with van der Waals surface area (Å²) in [6, 6.07) is 5.29.